The predicted molar refractivity (Wildman–Crippen MR) is 76.4 cm³/mol. The zero-order valence-electron chi connectivity index (χ0n) is 13.1. The number of aryl methyl sites for hydroxylation is 1. The highest BCUT2D eigenvalue weighted by Crippen LogP contribution is 2.27. The third-order valence-electron chi connectivity index (χ3n) is 3.52. The van der Waals surface area contributed by atoms with Crippen molar-refractivity contribution in [3.63, 3.8) is 0 Å². The molecule has 0 aliphatic rings. The van der Waals surface area contributed by atoms with E-state index in [1.807, 2.05) is 13.8 Å². The van der Waals surface area contributed by atoms with E-state index in [0.717, 1.165) is 34.7 Å². The van der Waals surface area contributed by atoms with Crippen LogP contribution in [0.25, 0.3) is 0 Å². The average Bonchev–Trinajstić information content (AvgIpc) is 3.04. The molecule has 1 N–H and O–H groups in total. The van der Waals surface area contributed by atoms with Crippen LogP contribution in [0.15, 0.2) is 18.5 Å². The highest BCUT2D eigenvalue weighted by molar-refractivity contribution is 5.76. The number of nitrogens with one attached hydrogen (secondary N) is 1. The molecule has 0 aliphatic carbocycles. The van der Waals surface area contributed by atoms with E-state index in [1.165, 1.54) is 0 Å². The maximum Gasteiger partial charge on any atom is 0.435 e. The van der Waals surface area contributed by atoms with Gasteiger partial charge in [-0.2, -0.15) is 23.4 Å². The van der Waals surface area contributed by atoms with Gasteiger partial charge in [-0.25, -0.2) is 0 Å². The molecule has 6 nitrogen and oxygen atoms in total. The van der Waals surface area contributed by atoms with E-state index in [1.54, 1.807) is 17.8 Å². The molecule has 2 rings (SSSR count). The van der Waals surface area contributed by atoms with Crippen molar-refractivity contribution < 1.29 is 18.0 Å². The Hall–Kier alpha value is -2.32. The molecule has 126 valence electrons. The molecule has 0 spiro atoms. The number of carbonyl (C=O) groups is 1. The molecule has 0 aliphatic heterocycles. The second-order valence-electron chi connectivity index (χ2n) is 5.19. The Labute approximate surface area is 131 Å². The molecule has 2 aromatic heterocycles. The first-order valence-corrected chi connectivity index (χ1v) is 7.14. The van der Waals surface area contributed by atoms with Gasteiger partial charge in [0, 0.05) is 24.0 Å². The fourth-order valence-electron chi connectivity index (χ4n) is 2.32. The Bertz CT molecular complexity index is 689. The summed E-state index contributed by atoms with van der Waals surface area (Å²) in [4.78, 5) is 12.0. The first kappa shape index (κ1) is 17.0. The lowest BCUT2D eigenvalue weighted by Crippen LogP contribution is -2.30. The van der Waals surface area contributed by atoms with Crippen LogP contribution < -0.4 is 5.32 Å². The Balaban J connectivity index is 1.99. The Kier molecular flexibility index (Phi) is 4.76. The quantitative estimate of drug-likeness (QED) is 0.915. The molecular formula is C14H18F3N5O. The van der Waals surface area contributed by atoms with E-state index >= 15 is 0 Å². The Morgan fingerprint density at radius 2 is 2.13 bits per heavy atom. The van der Waals surface area contributed by atoms with Gasteiger partial charge < -0.3 is 5.32 Å². The van der Waals surface area contributed by atoms with Gasteiger partial charge >= 0.3 is 6.18 Å². The van der Waals surface area contributed by atoms with Gasteiger partial charge in [-0.15, -0.1) is 0 Å². The first-order valence-electron chi connectivity index (χ1n) is 7.14. The van der Waals surface area contributed by atoms with Crippen molar-refractivity contribution in [3.8, 4) is 0 Å². The van der Waals surface area contributed by atoms with Crippen molar-refractivity contribution in [1.82, 2.24) is 24.9 Å². The largest absolute Gasteiger partial charge is 0.435 e. The van der Waals surface area contributed by atoms with Gasteiger partial charge in [0.25, 0.3) is 0 Å². The van der Waals surface area contributed by atoms with Gasteiger partial charge in [-0.3, -0.25) is 14.2 Å². The highest BCUT2D eigenvalue weighted by Gasteiger charge is 2.33. The van der Waals surface area contributed by atoms with Crippen molar-refractivity contribution in [2.75, 3.05) is 0 Å². The third kappa shape index (κ3) is 3.91. The molecule has 1 amide bonds. The van der Waals surface area contributed by atoms with Crippen molar-refractivity contribution in [2.45, 2.75) is 46.1 Å². The van der Waals surface area contributed by atoms with Crippen LogP contribution >= 0.6 is 0 Å². The minimum atomic E-state index is -4.51. The number of rotatable bonds is 5. The van der Waals surface area contributed by atoms with E-state index in [-0.39, 0.29) is 12.6 Å². The van der Waals surface area contributed by atoms with Crippen LogP contribution in [0, 0.1) is 6.92 Å². The molecule has 0 bridgehead atoms. The van der Waals surface area contributed by atoms with Crippen LogP contribution in [0.1, 0.15) is 36.8 Å². The number of carbonyl (C=O) groups excluding carboxylic acids is 1. The van der Waals surface area contributed by atoms with E-state index in [0.29, 0.717) is 0 Å². The maximum absolute atomic E-state index is 12.5. The molecule has 2 heterocycles. The molecule has 0 fully saturated rings. The lowest BCUT2D eigenvalue weighted by Gasteiger charge is -2.14. The molecule has 0 saturated carbocycles. The maximum atomic E-state index is 12.5. The number of amides is 1. The lowest BCUT2D eigenvalue weighted by atomic mass is 10.1. The van der Waals surface area contributed by atoms with Crippen molar-refractivity contribution in [1.29, 1.82) is 0 Å². The van der Waals surface area contributed by atoms with E-state index in [9.17, 15) is 18.0 Å². The van der Waals surface area contributed by atoms with Gasteiger partial charge in [0.15, 0.2) is 5.69 Å². The Morgan fingerprint density at radius 3 is 2.65 bits per heavy atom. The summed E-state index contributed by atoms with van der Waals surface area (Å²) in [6.45, 7) is 6.11. The SMILES string of the molecule is CCn1ncc(C(C)NC(=O)Cn2ccc(C(F)(F)F)n2)c1C. The van der Waals surface area contributed by atoms with Gasteiger partial charge in [0.05, 0.1) is 12.2 Å². The molecule has 23 heavy (non-hydrogen) atoms. The van der Waals surface area contributed by atoms with Crippen LogP contribution in [-0.4, -0.2) is 25.5 Å². The third-order valence-corrected chi connectivity index (χ3v) is 3.52. The lowest BCUT2D eigenvalue weighted by molar-refractivity contribution is -0.141. The van der Waals surface area contributed by atoms with Crippen LogP contribution in [-0.2, 0) is 24.1 Å². The van der Waals surface area contributed by atoms with Gasteiger partial charge in [-0.1, -0.05) is 0 Å². The molecule has 1 unspecified atom stereocenters. The molecule has 0 aromatic carbocycles. The number of hydrogen-bond acceptors (Lipinski definition) is 3. The minimum Gasteiger partial charge on any atom is -0.348 e. The van der Waals surface area contributed by atoms with Crippen LogP contribution in [0.3, 0.4) is 0 Å². The second kappa shape index (κ2) is 6.43. The normalized spacial score (nSPS) is 13.1. The van der Waals surface area contributed by atoms with Crippen LogP contribution in [0.4, 0.5) is 13.2 Å². The molecule has 0 saturated heterocycles. The molecule has 9 heteroatoms. The van der Waals surface area contributed by atoms with E-state index < -0.39 is 17.8 Å². The summed E-state index contributed by atoms with van der Waals surface area (Å²) in [6.07, 6.45) is -1.70. The summed E-state index contributed by atoms with van der Waals surface area (Å²) in [5.74, 6) is -0.419. The summed E-state index contributed by atoms with van der Waals surface area (Å²) in [7, 11) is 0. The fraction of sp³-hybridized carbons (Fsp3) is 0.500. The van der Waals surface area contributed by atoms with Crippen molar-refractivity contribution in [2.24, 2.45) is 0 Å². The number of hydrogen-bond donors (Lipinski definition) is 1. The monoisotopic (exact) mass is 329 g/mol. The van der Waals surface area contributed by atoms with Crippen molar-refractivity contribution in [3.05, 3.63) is 35.4 Å². The van der Waals surface area contributed by atoms with Gasteiger partial charge in [-0.05, 0) is 26.8 Å². The van der Waals surface area contributed by atoms with Crippen molar-refractivity contribution >= 4 is 5.91 Å². The minimum absolute atomic E-state index is 0.276. The zero-order chi connectivity index (χ0) is 17.2. The van der Waals surface area contributed by atoms with Gasteiger partial charge in [0.2, 0.25) is 5.91 Å². The summed E-state index contributed by atoms with van der Waals surface area (Å²) < 4.78 is 40.2. The standard InChI is InChI=1S/C14H18F3N5O/c1-4-22-10(3)11(7-18-22)9(2)19-13(23)8-21-6-5-12(20-21)14(15,16)17/h5-7,9H,4,8H2,1-3H3,(H,19,23). The average molecular weight is 329 g/mol. The fourth-order valence-corrected chi connectivity index (χ4v) is 2.32. The number of alkyl halides is 3. The number of aromatic nitrogens is 4. The molecular weight excluding hydrogens is 311 g/mol. The summed E-state index contributed by atoms with van der Waals surface area (Å²) in [6, 6.07) is 0.548. The zero-order valence-corrected chi connectivity index (χ0v) is 13.1. The highest BCUT2D eigenvalue weighted by atomic mass is 19.4. The Morgan fingerprint density at radius 1 is 1.43 bits per heavy atom. The van der Waals surface area contributed by atoms with Crippen LogP contribution in [0.5, 0.6) is 0 Å². The van der Waals surface area contributed by atoms with E-state index in [4.69, 9.17) is 0 Å². The summed E-state index contributed by atoms with van der Waals surface area (Å²) >= 11 is 0. The topological polar surface area (TPSA) is 64.7 Å². The number of halogens is 3. The summed E-state index contributed by atoms with van der Waals surface area (Å²) in [5, 5.41) is 10.3. The summed E-state index contributed by atoms with van der Waals surface area (Å²) in [5.41, 5.74) is 0.800. The number of nitrogens with zero attached hydrogens (tertiary/aromatic N) is 4. The molecule has 2 aromatic rings. The second-order valence-corrected chi connectivity index (χ2v) is 5.19. The predicted octanol–water partition coefficient (Wildman–Crippen LogP) is 2.30. The smallest absolute Gasteiger partial charge is 0.348 e. The first-order chi connectivity index (χ1) is 10.7. The molecule has 1 atom stereocenters. The van der Waals surface area contributed by atoms with E-state index in [2.05, 4.69) is 15.5 Å². The van der Waals surface area contributed by atoms with Gasteiger partial charge in [0.1, 0.15) is 6.54 Å². The molecule has 0 radical (unpaired) electrons. The van der Waals surface area contributed by atoms with Crippen LogP contribution in [0.2, 0.25) is 0 Å².